The molecule has 112 valence electrons. The standard InChI is InChI=1S/C14H24N4OS/c1-10(2)8-18-6-4-5-12(9-18)7-15-14(19)13-11(3)16-17-20-13/h10,12H,4-9H2,1-3H3,(H,15,19). The van der Waals surface area contributed by atoms with Crippen LogP contribution in [-0.4, -0.2) is 46.6 Å². The molecule has 0 spiro atoms. The number of likely N-dealkylation sites (tertiary alicyclic amines) is 1. The van der Waals surface area contributed by atoms with Crippen LogP contribution in [0.1, 0.15) is 42.1 Å². The predicted octanol–water partition coefficient (Wildman–Crippen LogP) is 1.94. The third-order valence-electron chi connectivity index (χ3n) is 3.64. The number of aryl methyl sites for hydroxylation is 1. The van der Waals surface area contributed by atoms with Crippen molar-refractivity contribution in [3.63, 3.8) is 0 Å². The first kappa shape index (κ1) is 15.4. The summed E-state index contributed by atoms with van der Waals surface area (Å²) in [7, 11) is 0. The molecular weight excluding hydrogens is 272 g/mol. The van der Waals surface area contributed by atoms with Crippen molar-refractivity contribution in [3.05, 3.63) is 10.6 Å². The van der Waals surface area contributed by atoms with Crippen LogP contribution in [0.15, 0.2) is 0 Å². The molecule has 1 N–H and O–H groups in total. The first-order chi connectivity index (χ1) is 9.56. The van der Waals surface area contributed by atoms with E-state index in [4.69, 9.17) is 0 Å². The van der Waals surface area contributed by atoms with Crippen LogP contribution >= 0.6 is 11.5 Å². The van der Waals surface area contributed by atoms with Gasteiger partial charge in [-0.05, 0) is 49.7 Å². The number of hydrogen-bond acceptors (Lipinski definition) is 5. The number of rotatable bonds is 5. The summed E-state index contributed by atoms with van der Waals surface area (Å²) < 4.78 is 3.80. The van der Waals surface area contributed by atoms with E-state index in [9.17, 15) is 4.79 Å². The maximum absolute atomic E-state index is 12.0. The minimum Gasteiger partial charge on any atom is -0.351 e. The maximum Gasteiger partial charge on any atom is 0.264 e. The lowest BCUT2D eigenvalue weighted by Crippen LogP contribution is -2.42. The van der Waals surface area contributed by atoms with Crippen molar-refractivity contribution in [3.8, 4) is 0 Å². The Kier molecular flexibility index (Phi) is 5.48. The summed E-state index contributed by atoms with van der Waals surface area (Å²) in [5.41, 5.74) is 0.720. The summed E-state index contributed by atoms with van der Waals surface area (Å²) in [6.07, 6.45) is 2.43. The zero-order chi connectivity index (χ0) is 14.5. The van der Waals surface area contributed by atoms with Crippen LogP contribution in [0.5, 0.6) is 0 Å². The van der Waals surface area contributed by atoms with E-state index in [1.807, 2.05) is 6.92 Å². The van der Waals surface area contributed by atoms with E-state index in [0.717, 1.165) is 25.3 Å². The Morgan fingerprint density at radius 2 is 2.35 bits per heavy atom. The van der Waals surface area contributed by atoms with Gasteiger partial charge in [-0.25, -0.2) is 0 Å². The molecular formula is C14H24N4OS. The van der Waals surface area contributed by atoms with Gasteiger partial charge in [-0.1, -0.05) is 18.3 Å². The molecule has 1 unspecified atom stereocenters. The molecule has 1 aliphatic heterocycles. The second-order valence-corrected chi connectivity index (χ2v) is 6.81. The molecule has 1 aromatic rings. The van der Waals surface area contributed by atoms with E-state index in [1.54, 1.807) is 0 Å². The lowest BCUT2D eigenvalue weighted by Gasteiger charge is -2.33. The molecule has 1 fully saturated rings. The second-order valence-electron chi connectivity index (χ2n) is 6.06. The lowest BCUT2D eigenvalue weighted by atomic mass is 9.97. The fourth-order valence-electron chi connectivity index (χ4n) is 2.76. The fourth-order valence-corrected chi connectivity index (χ4v) is 3.33. The van der Waals surface area contributed by atoms with Crippen molar-refractivity contribution < 1.29 is 4.79 Å². The fraction of sp³-hybridized carbons (Fsp3) is 0.786. The topological polar surface area (TPSA) is 58.1 Å². The van der Waals surface area contributed by atoms with Crippen LogP contribution in [0.2, 0.25) is 0 Å². The van der Waals surface area contributed by atoms with Crippen LogP contribution in [0.3, 0.4) is 0 Å². The molecule has 1 amide bonds. The van der Waals surface area contributed by atoms with Crippen molar-refractivity contribution in [2.75, 3.05) is 26.2 Å². The maximum atomic E-state index is 12.0. The number of carbonyl (C=O) groups excluding carboxylic acids is 1. The Morgan fingerprint density at radius 3 is 3.00 bits per heavy atom. The summed E-state index contributed by atoms with van der Waals surface area (Å²) in [6, 6.07) is 0. The Labute approximate surface area is 124 Å². The predicted molar refractivity (Wildman–Crippen MR) is 81.0 cm³/mol. The number of piperidine rings is 1. The van der Waals surface area contributed by atoms with Gasteiger partial charge in [-0.3, -0.25) is 4.79 Å². The average molecular weight is 296 g/mol. The number of hydrogen-bond donors (Lipinski definition) is 1. The van der Waals surface area contributed by atoms with Gasteiger partial charge in [0.1, 0.15) is 4.88 Å². The van der Waals surface area contributed by atoms with Gasteiger partial charge in [0.25, 0.3) is 5.91 Å². The molecule has 2 heterocycles. The summed E-state index contributed by atoms with van der Waals surface area (Å²) in [5.74, 6) is 1.24. The zero-order valence-corrected chi connectivity index (χ0v) is 13.4. The number of nitrogens with zero attached hydrogens (tertiary/aromatic N) is 3. The minimum absolute atomic E-state index is 0.0292. The number of aromatic nitrogens is 2. The van der Waals surface area contributed by atoms with Gasteiger partial charge in [0.15, 0.2) is 0 Å². The summed E-state index contributed by atoms with van der Waals surface area (Å²) in [6.45, 7) is 10.5. The molecule has 1 atom stereocenters. The lowest BCUT2D eigenvalue weighted by molar-refractivity contribution is 0.0932. The number of nitrogens with one attached hydrogen (secondary N) is 1. The zero-order valence-electron chi connectivity index (χ0n) is 12.6. The van der Waals surface area contributed by atoms with Crippen molar-refractivity contribution >= 4 is 17.4 Å². The smallest absolute Gasteiger partial charge is 0.264 e. The van der Waals surface area contributed by atoms with Crippen molar-refractivity contribution in [1.29, 1.82) is 0 Å². The number of carbonyl (C=O) groups is 1. The Hall–Kier alpha value is -1.01. The Bertz CT molecular complexity index is 446. The SMILES string of the molecule is Cc1nnsc1C(=O)NCC1CCCN(CC(C)C)C1. The largest absolute Gasteiger partial charge is 0.351 e. The molecule has 5 nitrogen and oxygen atoms in total. The highest BCUT2D eigenvalue weighted by Crippen LogP contribution is 2.17. The molecule has 6 heteroatoms. The molecule has 0 aliphatic carbocycles. The van der Waals surface area contributed by atoms with Gasteiger partial charge in [-0.2, -0.15) is 0 Å². The highest BCUT2D eigenvalue weighted by molar-refractivity contribution is 7.07. The first-order valence-electron chi connectivity index (χ1n) is 7.35. The van der Waals surface area contributed by atoms with Gasteiger partial charge >= 0.3 is 0 Å². The number of amides is 1. The third kappa shape index (κ3) is 4.24. The van der Waals surface area contributed by atoms with E-state index in [-0.39, 0.29) is 5.91 Å². The van der Waals surface area contributed by atoms with Crippen LogP contribution < -0.4 is 5.32 Å². The van der Waals surface area contributed by atoms with Crippen LogP contribution in [0, 0.1) is 18.8 Å². The first-order valence-corrected chi connectivity index (χ1v) is 8.13. The van der Waals surface area contributed by atoms with Gasteiger partial charge in [0.2, 0.25) is 0 Å². The highest BCUT2D eigenvalue weighted by Gasteiger charge is 2.21. The molecule has 1 aromatic heterocycles. The van der Waals surface area contributed by atoms with E-state index in [0.29, 0.717) is 16.7 Å². The van der Waals surface area contributed by atoms with Crippen LogP contribution in [-0.2, 0) is 0 Å². The minimum atomic E-state index is -0.0292. The quantitative estimate of drug-likeness (QED) is 0.902. The van der Waals surface area contributed by atoms with E-state index in [1.165, 1.54) is 30.9 Å². The van der Waals surface area contributed by atoms with Gasteiger partial charge in [-0.15, -0.1) is 5.10 Å². The normalized spacial score (nSPS) is 20.3. The molecule has 1 saturated heterocycles. The van der Waals surface area contributed by atoms with Gasteiger partial charge < -0.3 is 10.2 Å². The molecule has 0 radical (unpaired) electrons. The molecule has 0 saturated carbocycles. The molecule has 0 bridgehead atoms. The van der Waals surface area contributed by atoms with Crippen molar-refractivity contribution in [2.24, 2.45) is 11.8 Å². The highest BCUT2D eigenvalue weighted by atomic mass is 32.1. The molecule has 20 heavy (non-hydrogen) atoms. The molecule has 1 aliphatic rings. The van der Waals surface area contributed by atoms with Crippen LogP contribution in [0.25, 0.3) is 0 Å². The Balaban J connectivity index is 1.79. The molecule has 0 aromatic carbocycles. The summed E-state index contributed by atoms with van der Waals surface area (Å²) >= 11 is 1.17. The average Bonchev–Trinajstić information content (AvgIpc) is 2.82. The van der Waals surface area contributed by atoms with Crippen molar-refractivity contribution in [2.45, 2.75) is 33.6 Å². The summed E-state index contributed by atoms with van der Waals surface area (Å²) in [4.78, 5) is 15.2. The second kappa shape index (κ2) is 7.13. The third-order valence-corrected chi connectivity index (χ3v) is 4.46. The van der Waals surface area contributed by atoms with E-state index in [2.05, 4.69) is 33.7 Å². The van der Waals surface area contributed by atoms with Gasteiger partial charge in [0, 0.05) is 19.6 Å². The van der Waals surface area contributed by atoms with Crippen LogP contribution in [0.4, 0.5) is 0 Å². The van der Waals surface area contributed by atoms with E-state index < -0.39 is 0 Å². The van der Waals surface area contributed by atoms with E-state index >= 15 is 0 Å². The monoisotopic (exact) mass is 296 g/mol. The summed E-state index contributed by atoms with van der Waals surface area (Å²) in [5, 5.41) is 6.91. The van der Waals surface area contributed by atoms with Crippen molar-refractivity contribution in [1.82, 2.24) is 19.8 Å². The molecule has 2 rings (SSSR count). The van der Waals surface area contributed by atoms with Gasteiger partial charge in [0.05, 0.1) is 5.69 Å². The Morgan fingerprint density at radius 1 is 1.55 bits per heavy atom.